The molecule has 178 valence electrons. The second-order valence-electron chi connectivity index (χ2n) is 7.36. The SMILES string of the molecule is COC(=O)c1ccc(CN2C(=O)NC(=Cc3cccc([N+](=O)[O-])c3OCc3ccccc3)C2=O)o1. The van der Waals surface area contributed by atoms with Gasteiger partial charge in [-0.05, 0) is 23.8 Å². The number of ether oxygens (including phenoxy) is 2. The molecule has 1 aliphatic heterocycles. The maximum atomic E-state index is 12.9. The van der Waals surface area contributed by atoms with Crippen LogP contribution in [0.15, 0.2) is 70.8 Å². The first-order chi connectivity index (χ1) is 16.9. The molecule has 0 atom stereocenters. The van der Waals surface area contributed by atoms with Crippen molar-refractivity contribution in [2.75, 3.05) is 7.11 Å². The molecule has 1 fully saturated rings. The van der Waals surface area contributed by atoms with Gasteiger partial charge in [-0.2, -0.15) is 0 Å². The number of hydrogen-bond acceptors (Lipinski definition) is 8. The van der Waals surface area contributed by atoms with E-state index in [9.17, 15) is 24.5 Å². The lowest BCUT2D eigenvalue weighted by molar-refractivity contribution is -0.386. The molecule has 3 aromatic rings. The Morgan fingerprint density at radius 3 is 2.60 bits per heavy atom. The second-order valence-corrected chi connectivity index (χ2v) is 7.36. The Bertz CT molecular complexity index is 1330. The number of para-hydroxylation sites is 1. The number of imide groups is 1. The first-order valence-electron chi connectivity index (χ1n) is 10.3. The number of benzene rings is 2. The van der Waals surface area contributed by atoms with Gasteiger partial charge in [0.05, 0.1) is 18.6 Å². The zero-order valence-corrected chi connectivity index (χ0v) is 18.4. The Morgan fingerprint density at radius 2 is 1.89 bits per heavy atom. The van der Waals surface area contributed by atoms with Gasteiger partial charge < -0.3 is 19.2 Å². The molecule has 11 heteroatoms. The summed E-state index contributed by atoms with van der Waals surface area (Å²) in [5, 5.41) is 14.0. The number of carbonyl (C=O) groups excluding carboxylic acids is 3. The van der Waals surface area contributed by atoms with Crippen LogP contribution in [0.1, 0.15) is 27.4 Å². The molecule has 1 aliphatic rings. The fourth-order valence-corrected chi connectivity index (χ4v) is 3.39. The highest BCUT2D eigenvalue weighted by molar-refractivity contribution is 6.14. The quantitative estimate of drug-likeness (QED) is 0.170. The summed E-state index contributed by atoms with van der Waals surface area (Å²) in [6.45, 7) is -0.166. The minimum atomic E-state index is -0.713. The normalized spacial score (nSPS) is 14.2. The maximum absolute atomic E-state index is 12.9. The fraction of sp³-hybridized carbons (Fsp3) is 0.125. The molecule has 0 aliphatic carbocycles. The number of nitro groups is 1. The van der Waals surface area contributed by atoms with E-state index in [1.54, 1.807) is 0 Å². The van der Waals surface area contributed by atoms with Gasteiger partial charge >= 0.3 is 17.7 Å². The molecule has 3 amide bonds. The summed E-state index contributed by atoms with van der Waals surface area (Å²) < 4.78 is 15.7. The first-order valence-corrected chi connectivity index (χ1v) is 10.3. The standard InChI is InChI=1S/C24H19N3O8/c1-33-23(29)20-11-10-17(35-20)13-26-22(28)18(25-24(26)30)12-16-8-5-9-19(27(31)32)21(16)34-14-15-6-3-2-4-7-15/h2-12H,13-14H2,1H3,(H,25,30). The van der Waals surface area contributed by atoms with E-state index in [-0.39, 0.29) is 47.4 Å². The summed E-state index contributed by atoms with van der Waals surface area (Å²) in [4.78, 5) is 48.8. The predicted molar refractivity (Wildman–Crippen MR) is 121 cm³/mol. The molecule has 0 bridgehead atoms. The van der Waals surface area contributed by atoms with Crippen LogP contribution in [0.25, 0.3) is 6.08 Å². The number of esters is 1. The lowest BCUT2D eigenvalue weighted by Gasteiger charge is -2.11. The van der Waals surface area contributed by atoms with E-state index in [0.29, 0.717) is 0 Å². The third-order valence-corrected chi connectivity index (χ3v) is 5.07. The summed E-state index contributed by atoms with van der Waals surface area (Å²) in [5.74, 6) is -1.28. The summed E-state index contributed by atoms with van der Waals surface area (Å²) in [5.41, 5.74) is 0.659. The van der Waals surface area contributed by atoms with Crippen molar-refractivity contribution in [2.45, 2.75) is 13.2 Å². The van der Waals surface area contributed by atoms with Crippen molar-refractivity contribution in [3.63, 3.8) is 0 Å². The zero-order valence-electron chi connectivity index (χ0n) is 18.4. The number of amides is 3. The van der Waals surface area contributed by atoms with Crippen molar-refractivity contribution in [3.8, 4) is 5.75 Å². The van der Waals surface area contributed by atoms with E-state index < -0.39 is 22.8 Å². The molecule has 1 N–H and O–H groups in total. The van der Waals surface area contributed by atoms with Crippen molar-refractivity contribution in [1.82, 2.24) is 10.2 Å². The third-order valence-electron chi connectivity index (χ3n) is 5.07. The van der Waals surface area contributed by atoms with Crippen LogP contribution in [-0.2, 0) is 22.7 Å². The van der Waals surface area contributed by atoms with Gasteiger partial charge in [0.2, 0.25) is 11.5 Å². The average Bonchev–Trinajstić information content (AvgIpc) is 3.43. The molecular formula is C24H19N3O8. The molecule has 0 spiro atoms. The van der Waals surface area contributed by atoms with E-state index in [4.69, 9.17) is 9.15 Å². The molecule has 11 nitrogen and oxygen atoms in total. The number of nitrogens with one attached hydrogen (secondary N) is 1. The Labute approximate surface area is 198 Å². The molecule has 0 unspecified atom stereocenters. The largest absolute Gasteiger partial charge is 0.482 e. The van der Waals surface area contributed by atoms with Crippen LogP contribution >= 0.6 is 0 Å². The van der Waals surface area contributed by atoms with Crippen molar-refractivity contribution in [1.29, 1.82) is 0 Å². The smallest absolute Gasteiger partial charge is 0.373 e. The van der Waals surface area contributed by atoms with Crippen molar-refractivity contribution < 1.29 is 33.2 Å². The van der Waals surface area contributed by atoms with Crippen LogP contribution in [0, 0.1) is 10.1 Å². The summed E-state index contributed by atoms with van der Waals surface area (Å²) >= 11 is 0. The van der Waals surface area contributed by atoms with Crippen LogP contribution in [0.2, 0.25) is 0 Å². The average molecular weight is 477 g/mol. The molecule has 0 radical (unpaired) electrons. The molecule has 1 saturated heterocycles. The van der Waals surface area contributed by atoms with E-state index in [1.165, 1.54) is 43.5 Å². The van der Waals surface area contributed by atoms with Crippen LogP contribution in [0.4, 0.5) is 10.5 Å². The van der Waals surface area contributed by atoms with E-state index in [0.717, 1.165) is 10.5 Å². The third kappa shape index (κ3) is 5.03. The van der Waals surface area contributed by atoms with Crippen molar-refractivity contribution in [2.24, 2.45) is 0 Å². The second kappa shape index (κ2) is 9.91. The monoisotopic (exact) mass is 477 g/mol. The van der Waals surface area contributed by atoms with Gasteiger partial charge in [0.1, 0.15) is 18.1 Å². The lowest BCUT2D eigenvalue weighted by Crippen LogP contribution is -2.30. The number of furan rings is 1. The molecule has 1 aromatic heterocycles. The highest BCUT2D eigenvalue weighted by Crippen LogP contribution is 2.33. The number of hydrogen-bond donors (Lipinski definition) is 1. The number of methoxy groups -OCH3 is 1. The van der Waals surface area contributed by atoms with E-state index in [1.807, 2.05) is 30.3 Å². The van der Waals surface area contributed by atoms with Gasteiger partial charge in [0.15, 0.2) is 0 Å². The van der Waals surface area contributed by atoms with Gasteiger partial charge in [0, 0.05) is 11.6 Å². The molecule has 35 heavy (non-hydrogen) atoms. The fourth-order valence-electron chi connectivity index (χ4n) is 3.39. The van der Waals surface area contributed by atoms with Crippen LogP contribution in [-0.4, -0.2) is 34.8 Å². The van der Waals surface area contributed by atoms with Crippen molar-refractivity contribution in [3.05, 3.63) is 99.1 Å². The summed E-state index contributed by atoms with van der Waals surface area (Å²) in [6.07, 6.45) is 1.32. The summed E-state index contributed by atoms with van der Waals surface area (Å²) in [7, 11) is 1.20. The molecule has 4 rings (SSSR count). The van der Waals surface area contributed by atoms with Crippen LogP contribution in [0.3, 0.4) is 0 Å². The van der Waals surface area contributed by atoms with Gasteiger partial charge in [-0.3, -0.25) is 19.8 Å². The Hall–Kier alpha value is -4.93. The number of urea groups is 1. The van der Waals surface area contributed by atoms with Gasteiger partial charge in [-0.15, -0.1) is 0 Å². The maximum Gasteiger partial charge on any atom is 0.373 e. The van der Waals surface area contributed by atoms with Gasteiger partial charge in [-0.1, -0.05) is 42.5 Å². The lowest BCUT2D eigenvalue weighted by atomic mass is 10.1. The minimum absolute atomic E-state index is 0.0388. The molecule has 0 saturated carbocycles. The number of rotatable bonds is 8. The highest BCUT2D eigenvalue weighted by Gasteiger charge is 2.35. The number of nitrogens with zero attached hydrogens (tertiary/aromatic N) is 2. The topological polar surface area (TPSA) is 141 Å². The highest BCUT2D eigenvalue weighted by atomic mass is 16.6. The minimum Gasteiger partial charge on any atom is -0.482 e. The number of nitro benzene ring substituents is 1. The van der Waals surface area contributed by atoms with Crippen molar-refractivity contribution >= 4 is 29.7 Å². The Morgan fingerprint density at radius 1 is 1.11 bits per heavy atom. The predicted octanol–water partition coefficient (Wildman–Crippen LogP) is 3.65. The Kier molecular flexibility index (Phi) is 6.58. The van der Waals surface area contributed by atoms with Gasteiger partial charge in [-0.25, -0.2) is 9.59 Å². The number of carbonyl (C=O) groups is 3. The molecular weight excluding hydrogens is 458 g/mol. The Balaban J connectivity index is 1.59. The van der Waals surface area contributed by atoms with Crippen LogP contribution in [0.5, 0.6) is 5.75 Å². The first kappa shape index (κ1) is 23.2. The summed E-state index contributed by atoms with van der Waals surface area (Å²) in [6, 6.07) is 15.5. The molecule has 2 aromatic carbocycles. The van der Waals surface area contributed by atoms with Crippen LogP contribution < -0.4 is 10.1 Å². The van der Waals surface area contributed by atoms with E-state index >= 15 is 0 Å². The molecule has 2 heterocycles. The van der Waals surface area contributed by atoms with Gasteiger partial charge in [0.25, 0.3) is 5.91 Å². The van der Waals surface area contributed by atoms with E-state index in [2.05, 4.69) is 10.1 Å². The zero-order chi connectivity index (χ0) is 24.9.